The van der Waals surface area contributed by atoms with Crippen molar-refractivity contribution < 1.29 is 0 Å². The third-order valence-corrected chi connectivity index (χ3v) is 1.82. The van der Waals surface area contributed by atoms with Gasteiger partial charge in [0.25, 0.3) is 0 Å². The Morgan fingerprint density at radius 1 is 0.875 bits per heavy atom. The molecule has 0 atom stereocenters. The molecule has 16 heavy (non-hydrogen) atoms. The summed E-state index contributed by atoms with van der Waals surface area (Å²) in [5, 5.41) is 2.67. The summed E-state index contributed by atoms with van der Waals surface area (Å²) in [7, 11) is 0. The van der Waals surface area contributed by atoms with Crippen molar-refractivity contribution in [2.75, 3.05) is 0 Å². The van der Waals surface area contributed by atoms with E-state index in [1.807, 2.05) is 27.7 Å². The van der Waals surface area contributed by atoms with E-state index in [1.165, 1.54) is 10.4 Å². The third kappa shape index (κ3) is 7.28. The van der Waals surface area contributed by atoms with Gasteiger partial charge in [-0.05, 0) is 23.3 Å². The summed E-state index contributed by atoms with van der Waals surface area (Å²) < 4.78 is 0. The van der Waals surface area contributed by atoms with Crippen LogP contribution in [0.2, 0.25) is 0 Å². The second-order valence-electron chi connectivity index (χ2n) is 3.33. The molecule has 0 unspecified atom stereocenters. The van der Waals surface area contributed by atoms with Crippen LogP contribution in [0.15, 0.2) is 24.3 Å². The van der Waals surface area contributed by atoms with Crippen molar-refractivity contribution in [3.63, 3.8) is 0 Å². The normalized spacial score (nSPS) is 11.5. The molecule has 0 N–H and O–H groups in total. The molecule has 1 aromatic rings. The van der Waals surface area contributed by atoms with Crippen LogP contribution < -0.4 is 10.4 Å². The van der Waals surface area contributed by atoms with Crippen LogP contribution in [0.1, 0.15) is 48.5 Å². The summed E-state index contributed by atoms with van der Waals surface area (Å²) in [6.07, 6.45) is 4.43. The first-order chi connectivity index (χ1) is 7.74. The molecule has 0 bridgehead atoms. The van der Waals surface area contributed by atoms with E-state index in [0.29, 0.717) is 5.92 Å². The first kappa shape index (κ1) is 17.4. The second kappa shape index (κ2) is 12.0. The molecule has 0 saturated heterocycles. The Morgan fingerprint density at radius 2 is 1.31 bits per heavy atom. The monoisotopic (exact) mass is 220 g/mol. The predicted octanol–water partition coefficient (Wildman–Crippen LogP) is 3.98. The standard InChI is InChI=1S/C12H16.2C2H6/c1-4-11-7-5-6-8-12(11)9-10(2)3;2*1-2/h4-10H,1-3H3;2*1-2H3/b11-4-,12-9-;;. The molecular formula is C16H28. The van der Waals surface area contributed by atoms with E-state index in [2.05, 4.69) is 57.2 Å². The maximum atomic E-state index is 2.29. The van der Waals surface area contributed by atoms with Gasteiger partial charge in [-0.25, -0.2) is 0 Å². The van der Waals surface area contributed by atoms with Crippen molar-refractivity contribution >= 4 is 12.2 Å². The Hall–Kier alpha value is -1.04. The van der Waals surface area contributed by atoms with Gasteiger partial charge in [0.05, 0.1) is 0 Å². The van der Waals surface area contributed by atoms with Crippen LogP contribution in [0.25, 0.3) is 12.2 Å². The van der Waals surface area contributed by atoms with Crippen LogP contribution >= 0.6 is 0 Å². The number of hydrogen-bond acceptors (Lipinski definition) is 0. The van der Waals surface area contributed by atoms with Crippen LogP contribution in [0.3, 0.4) is 0 Å². The minimum absolute atomic E-state index is 0.617. The molecule has 0 radical (unpaired) electrons. The third-order valence-electron chi connectivity index (χ3n) is 1.82. The van der Waals surface area contributed by atoms with Crippen LogP contribution in [0.4, 0.5) is 0 Å². The van der Waals surface area contributed by atoms with Gasteiger partial charge in [0.15, 0.2) is 0 Å². The van der Waals surface area contributed by atoms with Crippen molar-refractivity contribution in [3.8, 4) is 0 Å². The lowest BCUT2D eigenvalue weighted by molar-refractivity contribution is 0.880. The van der Waals surface area contributed by atoms with E-state index in [0.717, 1.165) is 0 Å². The molecule has 0 fully saturated rings. The number of hydrogen-bond donors (Lipinski definition) is 0. The molecule has 0 heteroatoms. The summed E-state index contributed by atoms with van der Waals surface area (Å²) in [6, 6.07) is 8.47. The van der Waals surface area contributed by atoms with E-state index in [9.17, 15) is 0 Å². The lowest BCUT2D eigenvalue weighted by atomic mass is 10.1. The Labute approximate surface area is 102 Å². The quantitative estimate of drug-likeness (QED) is 0.671. The number of rotatable bonds is 1. The molecule has 92 valence electrons. The highest BCUT2D eigenvalue weighted by Crippen LogP contribution is 1.90. The minimum Gasteiger partial charge on any atom is -0.0798 e. The predicted molar refractivity (Wildman–Crippen MR) is 77.8 cm³/mol. The molecule has 0 aliphatic rings. The van der Waals surface area contributed by atoms with Crippen molar-refractivity contribution in [2.45, 2.75) is 48.5 Å². The van der Waals surface area contributed by atoms with Gasteiger partial charge in [0.2, 0.25) is 0 Å². The Kier molecular flexibility index (Phi) is 13.1. The van der Waals surface area contributed by atoms with E-state index in [-0.39, 0.29) is 0 Å². The highest BCUT2D eigenvalue weighted by Gasteiger charge is 1.86. The zero-order valence-electron chi connectivity index (χ0n) is 12.0. The molecule has 1 aromatic carbocycles. The van der Waals surface area contributed by atoms with Crippen LogP contribution in [-0.2, 0) is 0 Å². The van der Waals surface area contributed by atoms with Crippen molar-refractivity contribution in [1.29, 1.82) is 0 Å². The van der Waals surface area contributed by atoms with E-state index in [1.54, 1.807) is 0 Å². The van der Waals surface area contributed by atoms with Crippen molar-refractivity contribution in [3.05, 3.63) is 34.7 Å². The molecule has 0 aliphatic carbocycles. The summed E-state index contributed by atoms with van der Waals surface area (Å²) in [4.78, 5) is 0. The van der Waals surface area contributed by atoms with E-state index in [4.69, 9.17) is 0 Å². The molecule has 0 aliphatic heterocycles. The Morgan fingerprint density at radius 3 is 1.69 bits per heavy atom. The molecule has 0 aromatic heterocycles. The molecule has 0 nitrogen and oxygen atoms in total. The van der Waals surface area contributed by atoms with Gasteiger partial charge in [-0.2, -0.15) is 0 Å². The zero-order chi connectivity index (χ0) is 13.0. The lowest BCUT2D eigenvalue weighted by Crippen LogP contribution is -2.23. The van der Waals surface area contributed by atoms with Crippen molar-refractivity contribution in [1.82, 2.24) is 0 Å². The van der Waals surface area contributed by atoms with Gasteiger partial charge >= 0.3 is 0 Å². The smallest absolute Gasteiger partial charge is 0.0225 e. The first-order valence-corrected chi connectivity index (χ1v) is 6.47. The molecule has 0 saturated carbocycles. The highest BCUT2D eigenvalue weighted by atomic mass is 13.9. The molecule has 0 amide bonds. The van der Waals surface area contributed by atoms with Crippen LogP contribution in [-0.4, -0.2) is 0 Å². The summed E-state index contributed by atoms with van der Waals surface area (Å²) >= 11 is 0. The van der Waals surface area contributed by atoms with E-state index >= 15 is 0 Å². The van der Waals surface area contributed by atoms with Gasteiger partial charge in [-0.1, -0.05) is 78.0 Å². The summed E-state index contributed by atoms with van der Waals surface area (Å²) in [5.74, 6) is 0.617. The summed E-state index contributed by atoms with van der Waals surface area (Å²) in [6.45, 7) is 14.5. The molecular weight excluding hydrogens is 192 g/mol. The Bertz CT molecular complexity index is 345. The fraction of sp³-hybridized carbons (Fsp3) is 0.500. The number of benzene rings is 1. The van der Waals surface area contributed by atoms with E-state index < -0.39 is 0 Å². The lowest BCUT2D eigenvalue weighted by Gasteiger charge is -1.94. The highest BCUT2D eigenvalue weighted by molar-refractivity contribution is 5.31. The zero-order valence-corrected chi connectivity index (χ0v) is 12.0. The maximum absolute atomic E-state index is 2.29. The average molecular weight is 220 g/mol. The van der Waals surface area contributed by atoms with Crippen LogP contribution in [0, 0.1) is 5.92 Å². The van der Waals surface area contributed by atoms with Crippen LogP contribution in [0.5, 0.6) is 0 Å². The second-order valence-corrected chi connectivity index (χ2v) is 3.33. The average Bonchev–Trinajstić information content (AvgIpc) is 2.34. The largest absolute Gasteiger partial charge is 0.0798 e. The molecule has 0 heterocycles. The first-order valence-electron chi connectivity index (χ1n) is 6.47. The Balaban J connectivity index is 0. The topological polar surface area (TPSA) is 0 Å². The van der Waals surface area contributed by atoms with Gasteiger partial charge in [0, 0.05) is 0 Å². The van der Waals surface area contributed by atoms with Crippen molar-refractivity contribution in [2.24, 2.45) is 5.92 Å². The van der Waals surface area contributed by atoms with Gasteiger partial charge in [-0.3, -0.25) is 0 Å². The van der Waals surface area contributed by atoms with Gasteiger partial charge in [0.1, 0.15) is 0 Å². The van der Waals surface area contributed by atoms with Gasteiger partial charge in [-0.15, -0.1) is 0 Å². The molecule has 1 rings (SSSR count). The molecule has 0 spiro atoms. The van der Waals surface area contributed by atoms with Gasteiger partial charge < -0.3 is 0 Å². The fourth-order valence-electron chi connectivity index (χ4n) is 1.28. The summed E-state index contributed by atoms with van der Waals surface area (Å²) in [5.41, 5.74) is 0. The maximum Gasteiger partial charge on any atom is -0.0225 e. The SMILES string of the molecule is C/C=c1/cccc/c1=C/C(C)C.CC.CC. The fourth-order valence-corrected chi connectivity index (χ4v) is 1.28. The minimum atomic E-state index is 0.617.